The lowest BCUT2D eigenvalue weighted by Crippen LogP contribution is -2.20. The van der Waals surface area contributed by atoms with Gasteiger partial charge in [0.05, 0.1) is 5.70 Å². The first-order valence-corrected chi connectivity index (χ1v) is 9.46. The molecule has 0 atom stereocenters. The number of hydrogen-bond donors (Lipinski definition) is 1. The van der Waals surface area contributed by atoms with Crippen LogP contribution in [-0.2, 0) is 6.42 Å². The molecule has 0 unspecified atom stereocenters. The van der Waals surface area contributed by atoms with Crippen molar-refractivity contribution >= 4 is 5.57 Å². The number of halogens is 1. The van der Waals surface area contributed by atoms with E-state index in [-0.39, 0.29) is 0 Å². The van der Waals surface area contributed by atoms with Gasteiger partial charge in [0.2, 0.25) is 0 Å². The molecular formula is C23H35FN2. The highest BCUT2D eigenvalue weighted by Crippen LogP contribution is 2.21. The first-order valence-electron chi connectivity index (χ1n) is 9.46. The predicted octanol–water partition coefficient (Wildman–Crippen LogP) is 5.86. The fourth-order valence-electron chi connectivity index (χ4n) is 2.76. The Labute approximate surface area is 159 Å². The van der Waals surface area contributed by atoms with Crippen LogP contribution in [0.4, 0.5) is 4.39 Å². The SMILES string of the molecule is C=C(/C=C\C(N)=C(/C)N(C)CCCCC)c1cccc(CC(C)(C)F)c1. The minimum Gasteiger partial charge on any atom is -0.397 e. The molecule has 2 nitrogen and oxygen atoms in total. The fraction of sp³-hybridized carbons (Fsp3) is 0.478. The zero-order valence-corrected chi connectivity index (χ0v) is 17.1. The van der Waals surface area contributed by atoms with Crippen molar-refractivity contribution in [1.29, 1.82) is 0 Å². The molecule has 3 heteroatoms. The minimum absolute atomic E-state index is 0.390. The topological polar surface area (TPSA) is 29.3 Å². The van der Waals surface area contributed by atoms with Crippen LogP contribution in [0, 0.1) is 0 Å². The molecule has 144 valence electrons. The molecule has 0 saturated carbocycles. The van der Waals surface area contributed by atoms with Gasteiger partial charge in [-0.2, -0.15) is 0 Å². The Hall–Kier alpha value is -2.03. The highest BCUT2D eigenvalue weighted by atomic mass is 19.1. The second-order valence-electron chi connectivity index (χ2n) is 7.62. The molecule has 0 aromatic heterocycles. The lowest BCUT2D eigenvalue weighted by molar-refractivity contribution is 0.217. The maximum atomic E-state index is 13.9. The van der Waals surface area contributed by atoms with Crippen LogP contribution in [0.25, 0.3) is 5.57 Å². The number of alkyl halides is 1. The van der Waals surface area contributed by atoms with Crippen molar-refractivity contribution in [3.63, 3.8) is 0 Å². The molecule has 0 aliphatic heterocycles. The molecule has 2 N–H and O–H groups in total. The summed E-state index contributed by atoms with van der Waals surface area (Å²) < 4.78 is 13.9. The van der Waals surface area contributed by atoms with Crippen molar-refractivity contribution in [1.82, 2.24) is 4.90 Å². The van der Waals surface area contributed by atoms with Crippen molar-refractivity contribution in [2.45, 2.75) is 59.0 Å². The average Bonchev–Trinajstić information content (AvgIpc) is 2.57. The molecule has 0 fully saturated rings. The summed E-state index contributed by atoms with van der Waals surface area (Å²) >= 11 is 0. The fourth-order valence-corrected chi connectivity index (χ4v) is 2.76. The summed E-state index contributed by atoms with van der Waals surface area (Å²) in [7, 11) is 2.07. The molecule has 1 aromatic carbocycles. The van der Waals surface area contributed by atoms with E-state index in [0.717, 1.165) is 34.6 Å². The van der Waals surface area contributed by atoms with E-state index >= 15 is 0 Å². The van der Waals surface area contributed by atoms with E-state index in [9.17, 15) is 4.39 Å². The van der Waals surface area contributed by atoms with Gasteiger partial charge in [0, 0.05) is 25.7 Å². The zero-order valence-electron chi connectivity index (χ0n) is 17.1. The highest BCUT2D eigenvalue weighted by molar-refractivity contribution is 5.72. The Balaban J connectivity index is 2.79. The molecule has 0 bridgehead atoms. The van der Waals surface area contributed by atoms with Crippen LogP contribution in [-0.4, -0.2) is 24.2 Å². The number of benzene rings is 1. The molecule has 0 amide bonds. The van der Waals surface area contributed by atoms with E-state index in [2.05, 4.69) is 25.5 Å². The second-order valence-corrected chi connectivity index (χ2v) is 7.62. The van der Waals surface area contributed by atoms with E-state index in [1.807, 2.05) is 43.3 Å². The van der Waals surface area contributed by atoms with E-state index in [1.165, 1.54) is 19.3 Å². The van der Waals surface area contributed by atoms with E-state index in [4.69, 9.17) is 5.73 Å². The Morgan fingerprint density at radius 3 is 2.58 bits per heavy atom. The first-order chi connectivity index (χ1) is 12.1. The van der Waals surface area contributed by atoms with Crippen LogP contribution >= 0.6 is 0 Å². The van der Waals surface area contributed by atoms with Gasteiger partial charge < -0.3 is 10.6 Å². The third-order valence-electron chi connectivity index (χ3n) is 4.47. The summed E-state index contributed by atoms with van der Waals surface area (Å²) in [6, 6.07) is 7.88. The Morgan fingerprint density at radius 1 is 1.27 bits per heavy atom. The van der Waals surface area contributed by atoms with Crippen LogP contribution in [0.15, 0.2) is 54.4 Å². The van der Waals surface area contributed by atoms with Crippen molar-refractivity contribution in [3.8, 4) is 0 Å². The maximum absolute atomic E-state index is 13.9. The standard InChI is InChI=1S/C23H35FN2/c1-7-8-9-15-26(6)19(3)22(25)14-13-18(2)21-12-10-11-20(16-21)17-23(4,5)24/h10-14,16H,2,7-9,15,17,25H2,1,3-6H3/b14-13-,22-19-. The molecule has 0 aliphatic carbocycles. The number of hydrogen-bond acceptors (Lipinski definition) is 2. The van der Waals surface area contributed by atoms with Gasteiger partial charge in [0.1, 0.15) is 5.67 Å². The molecule has 0 saturated heterocycles. The Bertz CT molecular complexity index is 650. The zero-order chi connectivity index (χ0) is 19.7. The third-order valence-corrected chi connectivity index (χ3v) is 4.47. The highest BCUT2D eigenvalue weighted by Gasteiger charge is 2.16. The van der Waals surface area contributed by atoms with Crippen molar-refractivity contribution in [2.75, 3.05) is 13.6 Å². The van der Waals surface area contributed by atoms with E-state index < -0.39 is 5.67 Å². The molecule has 0 heterocycles. The Kier molecular flexibility index (Phi) is 8.64. The lowest BCUT2D eigenvalue weighted by Gasteiger charge is -2.21. The summed E-state index contributed by atoms with van der Waals surface area (Å²) in [5.74, 6) is 0. The van der Waals surface area contributed by atoms with E-state index in [0.29, 0.717) is 6.42 Å². The van der Waals surface area contributed by atoms with Crippen molar-refractivity contribution < 1.29 is 4.39 Å². The first kappa shape index (κ1) is 22.0. The van der Waals surface area contributed by atoms with Crippen molar-refractivity contribution in [2.24, 2.45) is 5.73 Å². The smallest absolute Gasteiger partial charge is 0.109 e. The number of unbranched alkanes of at least 4 members (excludes halogenated alkanes) is 2. The van der Waals surface area contributed by atoms with Gasteiger partial charge in [-0.15, -0.1) is 0 Å². The van der Waals surface area contributed by atoms with Crippen LogP contribution in [0.1, 0.15) is 58.1 Å². The summed E-state index contributed by atoms with van der Waals surface area (Å²) in [6.45, 7) is 12.6. The van der Waals surface area contributed by atoms with Crippen molar-refractivity contribution in [3.05, 3.63) is 65.5 Å². The van der Waals surface area contributed by atoms with Gasteiger partial charge in [0.25, 0.3) is 0 Å². The predicted molar refractivity (Wildman–Crippen MR) is 113 cm³/mol. The lowest BCUT2D eigenvalue weighted by atomic mass is 9.96. The molecule has 0 radical (unpaired) electrons. The van der Waals surface area contributed by atoms with Gasteiger partial charge in [-0.1, -0.05) is 56.7 Å². The van der Waals surface area contributed by atoms with Gasteiger partial charge in [0.15, 0.2) is 0 Å². The normalized spacial score (nSPS) is 13.0. The second kappa shape index (κ2) is 10.2. The molecule has 1 aromatic rings. The monoisotopic (exact) mass is 358 g/mol. The van der Waals surface area contributed by atoms with Crippen LogP contribution in [0.5, 0.6) is 0 Å². The van der Waals surface area contributed by atoms with E-state index in [1.54, 1.807) is 13.8 Å². The number of rotatable bonds is 10. The van der Waals surface area contributed by atoms with Gasteiger partial charge in [-0.3, -0.25) is 0 Å². The number of allylic oxidation sites excluding steroid dienone is 4. The van der Waals surface area contributed by atoms with Crippen LogP contribution < -0.4 is 5.73 Å². The summed E-state index contributed by atoms with van der Waals surface area (Å²) in [4.78, 5) is 2.20. The molecular weight excluding hydrogens is 323 g/mol. The summed E-state index contributed by atoms with van der Waals surface area (Å²) in [5, 5.41) is 0. The van der Waals surface area contributed by atoms with Gasteiger partial charge in [-0.05, 0) is 50.0 Å². The quantitative estimate of drug-likeness (QED) is 0.419. The minimum atomic E-state index is -1.22. The third kappa shape index (κ3) is 7.90. The molecule has 1 rings (SSSR count). The number of nitrogens with two attached hydrogens (primary N) is 1. The molecule has 0 aliphatic rings. The van der Waals surface area contributed by atoms with Crippen LogP contribution in [0.3, 0.4) is 0 Å². The molecule has 0 spiro atoms. The maximum Gasteiger partial charge on any atom is 0.109 e. The van der Waals surface area contributed by atoms with Gasteiger partial charge in [-0.25, -0.2) is 4.39 Å². The summed E-state index contributed by atoms with van der Waals surface area (Å²) in [5.41, 5.74) is 9.64. The largest absolute Gasteiger partial charge is 0.397 e. The summed E-state index contributed by atoms with van der Waals surface area (Å²) in [6.07, 6.45) is 7.84. The number of nitrogens with zero attached hydrogens (tertiary/aromatic N) is 1. The van der Waals surface area contributed by atoms with Gasteiger partial charge >= 0.3 is 0 Å². The molecule has 26 heavy (non-hydrogen) atoms. The average molecular weight is 359 g/mol. The van der Waals surface area contributed by atoms with Crippen LogP contribution in [0.2, 0.25) is 0 Å². The Morgan fingerprint density at radius 2 is 1.96 bits per heavy atom.